The number of hydrogen-bond donors (Lipinski definition) is 0. The fourth-order valence-corrected chi connectivity index (χ4v) is 3.01. The van der Waals surface area contributed by atoms with Crippen LogP contribution in [-0.4, -0.2) is 23.6 Å². The fraction of sp³-hybridized carbons (Fsp3) is 0.105. The Morgan fingerprint density at radius 1 is 0.913 bits per heavy atom. The van der Waals surface area contributed by atoms with Crippen molar-refractivity contribution in [2.75, 3.05) is 14.2 Å². The van der Waals surface area contributed by atoms with Gasteiger partial charge in [0.15, 0.2) is 0 Å². The van der Waals surface area contributed by atoms with E-state index in [9.17, 15) is 0 Å². The summed E-state index contributed by atoms with van der Waals surface area (Å²) in [4.78, 5) is 4.24. The second-order valence-electron chi connectivity index (χ2n) is 5.32. The van der Waals surface area contributed by atoms with Crippen LogP contribution in [0.1, 0.15) is 0 Å². The Balaban J connectivity index is 2.06. The van der Waals surface area contributed by atoms with Crippen LogP contribution in [-0.2, 0) is 0 Å². The van der Waals surface area contributed by atoms with Crippen LogP contribution in [0.5, 0.6) is 11.5 Å². The quantitative estimate of drug-likeness (QED) is 0.570. The number of fused-ring (bicyclic) bond motifs is 3. The number of hydrogen-bond acceptors (Lipinski definition) is 3. The van der Waals surface area contributed by atoms with Gasteiger partial charge in [0.05, 0.1) is 25.3 Å². The molecule has 114 valence electrons. The van der Waals surface area contributed by atoms with Crippen LogP contribution in [0.3, 0.4) is 0 Å². The van der Waals surface area contributed by atoms with Crippen molar-refractivity contribution in [1.29, 1.82) is 0 Å². The lowest BCUT2D eigenvalue weighted by molar-refractivity contribution is 0.395. The van der Waals surface area contributed by atoms with Gasteiger partial charge in [-0.25, -0.2) is 0 Å². The van der Waals surface area contributed by atoms with E-state index in [1.54, 1.807) is 14.2 Å². The van der Waals surface area contributed by atoms with Crippen LogP contribution in [0.4, 0.5) is 0 Å². The molecule has 0 unspecified atom stereocenters. The zero-order valence-electron chi connectivity index (χ0n) is 13.0. The summed E-state index contributed by atoms with van der Waals surface area (Å²) in [5, 5.41) is 1.09. The van der Waals surface area contributed by atoms with Gasteiger partial charge in [0.25, 0.3) is 0 Å². The molecule has 0 fully saturated rings. The van der Waals surface area contributed by atoms with E-state index in [4.69, 9.17) is 9.47 Å². The Bertz CT molecular complexity index is 1000. The van der Waals surface area contributed by atoms with Crippen molar-refractivity contribution in [3.05, 3.63) is 61.1 Å². The molecule has 0 amide bonds. The number of aromatic nitrogens is 2. The van der Waals surface area contributed by atoms with E-state index in [2.05, 4.69) is 33.8 Å². The summed E-state index contributed by atoms with van der Waals surface area (Å²) in [6.07, 6.45) is 5.76. The first kappa shape index (κ1) is 13.6. The molecule has 3 heterocycles. The Labute approximate surface area is 133 Å². The molecular weight excluding hydrogens is 288 g/mol. The molecule has 0 radical (unpaired) electrons. The lowest BCUT2D eigenvalue weighted by atomic mass is 10.0. The fourth-order valence-electron chi connectivity index (χ4n) is 3.01. The number of benzene rings is 1. The maximum Gasteiger partial charge on any atom is 0.130 e. The molecule has 4 rings (SSSR count). The lowest BCUT2D eigenvalue weighted by Crippen LogP contribution is -1.94. The van der Waals surface area contributed by atoms with Gasteiger partial charge in [0.1, 0.15) is 11.5 Å². The highest BCUT2D eigenvalue weighted by atomic mass is 16.5. The van der Waals surface area contributed by atoms with E-state index in [-0.39, 0.29) is 0 Å². The molecule has 0 aliphatic heterocycles. The smallest absolute Gasteiger partial charge is 0.130 e. The number of methoxy groups -OCH3 is 2. The number of nitrogens with zero attached hydrogens (tertiary/aromatic N) is 2. The van der Waals surface area contributed by atoms with E-state index < -0.39 is 0 Å². The third-order valence-corrected chi connectivity index (χ3v) is 4.11. The molecule has 1 aromatic carbocycles. The molecule has 3 aromatic heterocycles. The largest absolute Gasteiger partial charge is 0.497 e. The molecule has 4 aromatic rings. The molecule has 0 saturated carbocycles. The second-order valence-corrected chi connectivity index (χ2v) is 5.32. The molecule has 0 atom stereocenters. The second kappa shape index (κ2) is 5.32. The Morgan fingerprint density at radius 2 is 1.83 bits per heavy atom. The maximum absolute atomic E-state index is 5.57. The van der Waals surface area contributed by atoms with Gasteiger partial charge in [-0.1, -0.05) is 0 Å². The van der Waals surface area contributed by atoms with Crippen molar-refractivity contribution in [2.24, 2.45) is 0 Å². The van der Waals surface area contributed by atoms with Crippen LogP contribution in [0.2, 0.25) is 0 Å². The van der Waals surface area contributed by atoms with Gasteiger partial charge in [-0.05, 0) is 36.4 Å². The topological polar surface area (TPSA) is 35.8 Å². The first-order valence-electron chi connectivity index (χ1n) is 7.38. The average Bonchev–Trinajstić information content (AvgIpc) is 3.10. The third-order valence-electron chi connectivity index (χ3n) is 4.11. The summed E-state index contributed by atoms with van der Waals surface area (Å²) >= 11 is 0. The van der Waals surface area contributed by atoms with E-state index in [1.165, 1.54) is 0 Å². The van der Waals surface area contributed by atoms with Crippen LogP contribution in [0, 0.1) is 0 Å². The Morgan fingerprint density at radius 3 is 2.65 bits per heavy atom. The van der Waals surface area contributed by atoms with Crippen LogP contribution in [0.25, 0.3) is 27.5 Å². The maximum atomic E-state index is 5.57. The third kappa shape index (κ3) is 2.11. The van der Waals surface area contributed by atoms with E-state index in [0.717, 1.165) is 39.0 Å². The molecule has 0 N–H and O–H groups in total. The van der Waals surface area contributed by atoms with Gasteiger partial charge in [-0.15, -0.1) is 0 Å². The van der Waals surface area contributed by atoms with Gasteiger partial charge in [-0.3, -0.25) is 4.98 Å². The van der Waals surface area contributed by atoms with Crippen molar-refractivity contribution in [3.8, 4) is 22.6 Å². The molecule has 0 spiro atoms. The number of rotatable bonds is 3. The van der Waals surface area contributed by atoms with Gasteiger partial charge in [0.2, 0.25) is 0 Å². The standard InChI is InChI=1S/C19H16N2O2/c1-22-14-5-6-15(19(11-14)23-2)16-10-13-12-20-8-7-17(13)21-9-3-4-18(16)21/h3-12H,1-2H3. The summed E-state index contributed by atoms with van der Waals surface area (Å²) in [6.45, 7) is 0. The first-order chi connectivity index (χ1) is 11.3. The first-order valence-corrected chi connectivity index (χ1v) is 7.38. The highest BCUT2D eigenvalue weighted by Gasteiger charge is 2.13. The van der Waals surface area contributed by atoms with Crippen LogP contribution < -0.4 is 9.47 Å². The van der Waals surface area contributed by atoms with E-state index in [1.807, 2.05) is 36.7 Å². The van der Waals surface area contributed by atoms with E-state index in [0.29, 0.717) is 0 Å². The molecule has 0 bridgehead atoms. The molecule has 23 heavy (non-hydrogen) atoms. The zero-order valence-corrected chi connectivity index (χ0v) is 13.0. The summed E-state index contributed by atoms with van der Waals surface area (Å²) in [5.41, 5.74) is 4.40. The highest BCUT2D eigenvalue weighted by Crippen LogP contribution is 2.37. The zero-order chi connectivity index (χ0) is 15.8. The van der Waals surface area contributed by atoms with Crippen molar-refractivity contribution >= 4 is 16.4 Å². The van der Waals surface area contributed by atoms with Gasteiger partial charge in [-0.2, -0.15) is 0 Å². The molecular formula is C19H16N2O2. The van der Waals surface area contributed by atoms with Crippen molar-refractivity contribution in [3.63, 3.8) is 0 Å². The van der Waals surface area contributed by atoms with Gasteiger partial charge < -0.3 is 13.9 Å². The molecule has 4 heteroatoms. The van der Waals surface area contributed by atoms with Crippen molar-refractivity contribution in [2.45, 2.75) is 0 Å². The minimum absolute atomic E-state index is 0.777. The predicted octanol–water partition coefficient (Wildman–Crippen LogP) is 4.17. The Kier molecular flexibility index (Phi) is 3.15. The molecule has 0 aliphatic carbocycles. The van der Waals surface area contributed by atoms with Crippen LogP contribution >= 0.6 is 0 Å². The summed E-state index contributed by atoms with van der Waals surface area (Å²) in [7, 11) is 3.33. The van der Waals surface area contributed by atoms with Crippen LogP contribution in [0.15, 0.2) is 61.1 Å². The minimum Gasteiger partial charge on any atom is -0.497 e. The van der Waals surface area contributed by atoms with Gasteiger partial charge >= 0.3 is 0 Å². The normalized spacial score (nSPS) is 11.0. The average molecular weight is 304 g/mol. The van der Waals surface area contributed by atoms with Crippen molar-refractivity contribution < 1.29 is 9.47 Å². The lowest BCUT2D eigenvalue weighted by Gasteiger charge is -2.13. The number of ether oxygens (including phenoxy) is 2. The summed E-state index contributed by atoms with van der Waals surface area (Å²) in [5.74, 6) is 1.56. The summed E-state index contributed by atoms with van der Waals surface area (Å²) in [6, 6.07) is 14.2. The molecule has 0 saturated heterocycles. The monoisotopic (exact) mass is 304 g/mol. The molecule has 0 aliphatic rings. The number of pyridine rings is 2. The highest BCUT2D eigenvalue weighted by molar-refractivity contribution is 5.94. The predicted molar refractivity (Wildman–Crippen MR) is 91.2 cm³/mol. The SMILES string of the molecule is COc1ccc(-c2cc3cnccc3n3cccc23)c(OC)c1. The Hall–Kier alpha value is -3.01. The van der Waals surface area contributed by atoms with E-state index >= 15 is 0 Å². The summed E-state index contributed by atoms with van der Waals surface area (Å²) < 4.78 is 13.0. The van der Waals surface area contributed by atoms with Crippen molar-refractivity contribution in [1.82, 2.24) is 9.38 Å². The molecule has 4 nitrogen and oxygen atoms in total. The minimum atomic E-state index is 0.777. The van der Waals surface area contributed by atoms with Gasteiger partial charge in [0, 0.05) is 41.2 Å².